The minimum absolute atomic E-state index is 0.0648. The van der Waals surface area contributed by atoms with Crippen molar-refractivity contribution in [3.05, 3.63) is 16.4 Å². The second-order valence-corrected chi connectivity index (χ2v) is 6.76. The van der Waals surface area contributed by atoms with Gasteiger partial charge in [-0.3, -0.25) is 14.9 Å². The van der Waals surface area contributed by atoms with Crippen molar-refractivity contribution in [3.8, 4) is 0 Å². The van der Waals surface area contributed by atoms with E-state index >= 15 is 0 Å². The zero-order valence-corrected chi connectivity index (χ0v) is 14.3. The quantitative estimate of drug-likeness (QED) is 0.649. The van der Waals surface area contributed by atoms with Crippen molar-refractivity contribution in [3.63, 3.8) is 0 Å². The summed E-state index contributed by atoms with van der Waals surface area (Å²) >= 11 is 0. The first kappa shape index (κ1) is 17.4. The Morgan fingerprint density at radius 2 is 1.88 bits per heavy atom. The van der Waals surface area contributed by atoms with Crippen molar-refractivity contribution in [2.24, 2.45) is 5.92 Å². The Kier molecular flexibility index (Phi) is 5.00. The maximum absolute atomic E-state index is 11.8. The average Bonchev–Trinajstić information content (AvgIpc) is 2.61. The molecule has 1 unspecified atom stereocenters. The highest BCUT2D eigenvalue weighted by Crippen LogP contribution is 2.38. The number of carboxylic acid groups (broad SMARTS) is 1. The third-order valence-electron chi connectivity index (χ3n) is 5.18. The number of aliphatic carboxylic acids is 1. The molecular formula is C16H23N5O4. The van der Waals surface area contributed by atoms with Gasteiger partial charge in [0, 0.05) is 25.7 Å². The molecule has 25 heavy (non-hydrogen) atoms. The SMILES string of the molecule is CC1CCCCN1c1ncnc(N2CCC(C(=O)O)CC2)c1[N+](=O)[O-]. The molecule has 2 saturated heterocycles. The molecule has 2 fully saturated rings. The molecule has 0 spiro atoms. The molecule has 0 amide bonds. The Balaban J connectivity index is 1.91. The average molecular weight is 349 g/mol. The standard InChI is InChI=1S/C16H23N5O4/c1-11-4-2-3-7-20(11)15-13(21(24)25)14(17-10-18-15)19-8-5-12(6-9-19)16(22)23/h10-12H,2-9H2,1H3,(H,22,23). The van der Waals surface area contributed by atoms with Crippen molar-refractivity contribution in [2.45, 2.75) is 45.1 Å². The van der Waals surface area contributed by atoms with Crippen LogP contribution in [0.15, 0.2) is 6.33 Å². The number of hydrogen-bond acceptors (Lipinski definition) is 7. The molecule has 1 aromatic rings. The first-order valence-corrected chi connectivity index (χ1v) is 8.72. The van der Waals surface area contributed by atoms with Crippen LogP contribution < -0.4 is 9.80 Å². The Morgan fingerprint density at radius 3 is 2.48 bits per heavy atom. The number of carboxylic acids is 1. The van der Waals surface area contributed by atoms with Gasteiger partial charge in [0.25, 0.3) is 0 Å². The van der Waals surface area contributed by atoms with Crippen LogP contribution in [0.5, 0.6) is 0 Å². The fraction of sp³-hybridized carbons (Fsp3) is 0.688. The number of rotatable bonds is 4. The topological polar surface area (TPSA) is 113 Å². The van der Waals surface area contributed by atoms with Crippen molar-refractivity contribution in [1.82, 2.24) is 9.97 Å². The highest BCUT2D eigenvalue weighted by molar-refractivity contribution is 5.73. The Hall–Kier alpha value is -2.45. The van der Waals surface area contributed by atoms with Gasteiger partial charge in [-0.1, -0.05) is 0 Å². The van der Waals surface area contributed by atoms with Crippen molar-refractivity contribution in [1.29, 1.82) is 0 Å². The molecule has 136 valence electrons. The molecule has 0 aromatic carbocycles. The lowest BCUT2D eigenvalue weighted by Gasteiger charge is -2.35. The number of nitro groups is 1. The first-order chi connectivity index (χ1) is 12.0. The van der Waals surface area contributed by atoms with Gasteiger partial charge >= 0.3 is 11.7 Å². The van der Waals surface area contributed by atoms with Gasteiger partial charge in [0.2, 0.25) is 11.6 Å². The molecular weight excluding hydrogens is 326 g/mol. The third-order valence-corrected chi connectivity index (χ3v) is 5.18. The van der Waals surface area contributed by atoms with E-state index in [9.17, 15) is 14.9 Å². The van der Waals surface area contributed by atoms with Crippen LogP contribution in [0.25, 0.3) is 0 Å². The van der Waals surface area contributed by atoms with Crippen LogP contribution >= 0.6 is 0 Å². The summed E-state index contributed by atoms with van der Waals surface area (Å²) in [6.45, 7) is 3.70. The van der Waals surface area contributed by atoms with Crippen molar-refractivity contribution < 1.29 is 14.8 Å². The van der Waals surface area contributed by atoms with Crippen LogP contribution in [0, 0.1) is 16.0 Å². The van der Waals surface area contributed by atoms with Gasteiger partial charge in [-0.25, -0.2) is 9.97 Å². The molecule has 2 aliphatic heterocycles. The molecule has 3 rings (SSSR count). The number of carbonyl (C=O) groups is 1. The van der Waals surface area contributed by atoms with E-state index < -0.39 is 16.8 Å². The molecule has 1 N–H and O–H groups in total. The molecule has 0 aliphatic carbocycles. The van der Waals surface area contributed by atoms with E-state index in [-0.39, 0.29) is 11.7 Å². The predicted octanol–water partition coefficient (Wildman–Crippen LogP) is 2.06. The maximum atomic E-state index is 11.8. The summed E-state index contributed by atoms with van der Waals surface area (Å²) in [4.78, 5) is 34.7. The highest BCUT2D eigenvalue weighted by Gasteiger charge is 2.34. The minimum atomic E-state index is -0.806. The second kappa shape index (κ2) is 7.20. The minimum Gasteiger partial charge on any atom is -0.481 e. The lowest BCUT2D eigenvalue weighted by molar-refractivity contribution is -0.383. The van der Waals surface area contributed by atoms with E-state index in [1.807, 2.05) is 9.80 Å². The second-order valence-electron chi connectivity index (χ2n) is 6.76. The zero-order valence-electron chi connectivity index (χ0n) is 14.3. The lowest BCUT2D eigenvalue weighted by atomic mass is 9.97. The Morgan fingerprint density at radius 1 is 1.20 bits per heavy atom. The van der Waals surface area contributed by atoms with Crippen LogP contribution in [0.1, 0.15) is 39.0 Å². The molecule has 1 atom stereocenters. The normalized spacial score (nSPS) is 22.0. The fourth-order valence-electron chi connectivity index (χ4n) is 3.72. The summed E-state index contributed by atoms with van der Waals surface area (Å²) in [7, 11) is 0. The first-order valence-electron chi connectivity index (χ1n) is 8.72. The summed E-state index contributed by atoms with van der Waals surface area (Å²) < 4.78 is 0. The van der Waals surface area contributed by atoms with E-state index in [1.165, 1.54) is 6.33 Å². The number of aromatic nitrogens is 2. The summed E-state index contributed by atoms with van der Waals surface area (Å²) in [6, 6.07) is 0.202. The molecule has 9 heteroatoms. The van der Waals surface area contributed by atoms with Gasteiger partial charge in [0.05, 0.1) is 10.8 Å². The maximum Gasteiger partial charge on any atom is 0.353 e. The number of nitrogens with zero attached hydrogens (tertiary/aromatic N) is 5. The van der Waals surface area contributed by atoms with E-state index in [0.29, 0.717) is 37.6 Å². The van der Waals surface area contributed by atoms with Crippen LogP contribution in [0.3, 0.4) is 0 Å². The van der Waals surface area contributed by atoms with Crippen LogP contribution in [-0.4, -0.2) is 51.6 Å². The summed E-state index contributed by atoms with van der Waals surface area (Å²) in [6.07, 6.45) is 5.40. The molecule has 0 saturated carbocycles. The number of anilines is 2. The van der Waals surface area contributed by atoms with Gasteiger partial charge in [-0.2, -0.15) is 0 Å². The molecule has 9 nitrogen and oxygen atoms in total. The van der Waals surface area contributed by atoms with E-state index in [1.54, 1.807) is 0 Å². The lowest BCUT2D eigenvalue weighted by Crippen LogP contribution is -2.40. The molecule has 3 heterocycles. The number of hydrogen-bond donors (Lipinski definition) is 1. The van der Waals surface area contributed by atoms with E-state index in [4.69, 9.17) is 5.11 Å². The van der Waals surface area contributed by atoms with Gasteiger partial charge < -0.3 is 14.9 Å². The predicted molar refractivity (Wildman–Crippen MR) is 91.9 cm³/mol. The van der Waals surface area contributed by atoms with Gasteiger partial charge in [0.15, 0.2) is 0 Å². The van der Waals surface area contributed by atoms with Crippen LogP contribution in [0.2, 0.25) is 0 Å². The van der Waals surface area contributed by atoms with E-state index in [0.717, 1.165) is 25.8 Å². The van der Waals surface area contributed by atoms with Gasteiger partial charge in [-0.05, 0) is 39.0 Å². The fourth-order valence-corrected chi connectivity index (χ4v) is 3.72. The van der Waals surface area contributed by atoms with Crippen molar-refractivity contribution >= 4 is 23.3 Å². The summed E-state index contributed by atoms with van der Waals surface area (Å²) in [5, 5.41) is 20.9. The summed E-state index contributed by atoms with van der Waals surface area (Å²) in [5.41, 5.74) is -0.0648. The van der Waals surface area contributed by atoms with Gasteiger partial charge in [0.1, 0.15) is 6.33 Å². The highest BCUT2D eigenvalue weighted by atomic mass is 16.6. The summed E-state index contributed by atoms with van der Waals surface area (Å²) in [5.74, 6) is -0.516. The molecule has 1 aromatic heterocycles. The van der Waals surface area contributed by atoms with Crippen LogP contribution in [0.4, 0.5) is 17.3 Å². The molecule has 0 bridgehead atoms. The monoisotopic (exact) mass is 349 g/mol. The smallest absolute Gasteiger partial charge is 0.353 e. The zero-order chi connectivity index (χ0) is 18.0. The Bertz CT molecular complexity index is 660. The largest absolute Gasteiger partial charge is 0.481 e. The van der Waals surface area contributed by atoms with E-state index in [2.05, 4.69) is 16.9 Å². The van der Waals surface area contributed by atoms with Gasteiger partial charge in [-0.15, -0.1) is 0 Å². The number of piperidine rings is 2. The molecule has 0 radical (unpaired) electrons. The van der Waals surface area contributed by atoms with Crippen LogP contribution in [-0.2, 0) is 4.79 Å². The molecule has 2 aliphatic rings. The third kappa shape index (κ3) is 3.49. The van der Waals surface area contributed by atoms with Crippen molar-refractivity contribution in [2.75, 3.05) is 29.4 Å². The Labute approximate surface area is 145 Å².